The molecule has 2 heterocycles. The Labute approximate surface area is 421 Å². The second-order valence-electron chi connectivity index (χ2n) is 15.9. The quantitative estimate of drug-likeness (QED) is 0.103. The molecule has 27 heteroatoms. The van der Waals surface area contributed by atoms with E-state index in [4.69, 9.17) is 85.7 Å². The first-order valence-corrected chi connectivity index (χ1v) is 22.6. The lowest BCUT2D eigenvalue weighted by molar-refractivity contribution is -0.192. The Balaban J connectivity index is 0.000000429. The number of carboxylic acids is 1. The number of nitrogens with zero attached hydrogens (tertiary/aromatic N) is 2. The number of ether oxygens (including phenoxy) is 5. The summed E-state index contributed by atoms with van der Waals surface area (Å²) in [6.45, 7) is 9.74. The van der Waals surface area contributed by atoms with Crippen molar-refractivity contribution in [2.24, 2.45) is 5.73 Å². The van der Waals surface area contributed by atoms with Crippen LogP contribution in [0.5, 0.6) is 0 Å². The van der Waals surface area contributed by atoms with E-state index in [1.54, 1.807) is 45.0 Å². The molecule has 390 valence electrons. The van der Waals surface area contributed by atoms with E-state index in [-0.39, 0.29) is 81.6 Å². The van der Waals surface area contributed by atoms with Gasteiger partial charge in [0, 0.05) is 50.4 Å². The Hall–Kier alpha value is -5.17. The third kappa shape index (κ3) is 21.0. The van der Waals surface area contributed by atoms with Crippen LogP contribution in [0.2, 0.25) is 20.1 Å². The smallest absolute Gasteiger partial charge is 0.475 e. The van der Waals surface area contributed by atoms with Gasteiger partial charge >= 0.3 is 30.2 Å². The summed E-state index contributed by atoms with van der Waals surface area (Å²) in [5.74, 6) is -6.05. The summed E-state index contributed by atoms with van der Waals surface area (Å²) in [7, 11) is 2.37. The van der Waals surface area contributed by atoms with Gasteiger partial charge in [-0.1, -0.05) is 46.4 Å². The van der Waals surface area contributed by atoms with Crippen molar-refractivity contribution >= 4 is 105 Å². The number of carboxylic acid groups (broad SMARTS) is 1. The Morgan fingerprint density at radius 3 is 1.33 bits per heavy atom. The number of morpholine rings is 2. The summed E-state index contributed by atoms with van der Waals surface area (Å²) in [5, 5.41) is 15.1. The molecule has 70 heavy (non-hydrogen) atoms. The second kappa shape index (κ2) is 29.2. The lowest BCUT2D eigenvalue weighted by Crippen LogP contribution is -2.42. The first-order chi connectivity index (χ1) is 32.7. The van der Waals surface area contributed by atoms with Crippen LogP contribution in [0.25, 0.3) is 0 Å². The van der Waals surface area contributed by atoms with Gasteiger partial charge in [-0.05, 0) is 57.9 Å². The Morgan fingerprint density at radius 1 is 0.686 bits per heavy atom. The topological polar surface area (TPSA) is 272 Å². The average molecular weight is 1080 g/mol. The van der Waals surface area contributed by atoms with E-state index in [0.717, 1.165) is 11.4 Å². The highest BCUT2D eigenvalue weighted by atomic mass is 35.5. The summed E-state index contributed by atoms with van der Waals surface area (Å²) in [5.41, 5.74) is 6.18. The molecule has 0 aliphatic carbocycles. The molecule has 6 N–H and O–H groups in total. The molecule has 0 radical (unpaired) electrons. The number of carbonyl (C=O) groups excluding carboxylic acids is 7. The monoisotopic (exact) mass is 1080 g/mol. The van der Waals surface area contributed by atoms with Crippen molar-refractivity contribution in [3.63, 3.8) is 0 Å². The molecule has 0 unspecified atom stereocenters. The van der Waals surface area contributed by atoms with Gasteiger partial charge in [-0.2, -0.15) is 13.2 Å². The van der Waals surface area contributed by atoms with E-state index in [2.05, 4.69) is 20.9 Å². The Bertz CT molecular complexity index is 2130. The third-order valence-electron chi connectivity index (χ3n) is 9.57. The molecule has 4 rings (SSSR count). The van der Waals surface area contributed by atoms with Crippen LogP contribution in [0.3, 0.4) is 0 Å². The molecule has 3 amide bonds. The first-order valence-electron chi connectivity index (χ1n) is 21.1. The minimum atomic E-state index is -5.08. The Kier molecular flexibility index (Phi) is 25.5. The minimum Gasteiger partial charge on any atom is -0.475 e. The number of anilines is 2. The number of carbonyl (C=O) groups is 8. The first kappa shape index (κ1) is 61.0. The zero-order valence-electron chi connectivity index (χ0n) is 38.7. The van der Waals surface area contributed by atoms with Crippen molar-refractivity contribution in [1.82, 2.24) is 16.0 Å². The van der Waals surface area contributed by atoms with Gasteiger partial charge in [-0.15, -0.1) is 0 Å². The van der Waals surface area contributed by atoms with E-state index >= 15 is 0 Å². The number of alkyl halides is 3. The number of methoxy groups -OCH3 is 2. The van der Waals surface area contributed by atoms with Crippen molar-refractivity contribution in [2.75, 3.05) is 89.7 Å². The number of amides is 3. The fourth-order valence-electron chi connectivity index (χ4n) is 6.09. The van der Waals surface area contributed by atoms with Crippen molar-refractivity contribution in [3.8, 4) is 0 Å². The SMILES string of the molecule is COC(=O)[C@H](CCC(=O)CN)NC(=O)c1c(Cl)cc(N2CCOCC2)cc1Cl.COC(=O)[C@H](CCC(=O)CNC(=O)OC(C)(C)C)NC(=O)c1c(Cl)cc(N2CCOCC2)cc1Cl.O=C(O)C(F)(F)F. The average Bonchev–Trinajstić information content (AvgIpc) is 3.29. The van der Waals surface area contributed by atoms with Gasteiger partial charge < -0.3 is 60.3 Å². The van der Waals surface area contributed by atoms with Gasteiger partial charge in [0.25, 0.3) is 11.8 Å². The predicted octanol–water partition coefficient (Wildman–Crippen LogP) is 5.02. The summed E-state index contributed by atoms with van der Waals surface area (Å²) < 4.78 is 56.9. The van der Waals surface area contributed by atoms with Gasteiger partial charge in [0.2, 0.25) is 0 Å². The number of rotatable bonds is 17. The zero-order chi connectivity index (χ0) is 52.9. The molecule has 2 atom stereocenters. The van der Waals surface area contributed by atoms with E-state index in [1.165, 1.54) is 14.2 Å². The van der Waals surface area contributed by atoms with Crippen LogP contribution in [0, 0.1) is 0 Å². The van der Waals surface area contributed by atoms with E-state index in [1.807, 2.05) is 4.90 Å². The summed E-state index contributed by atoms with van der Waals surface area (Å²) in [4.78, 5) is 98.1. The van der Waals surface area contributed by atoms with Gasteiger partial charge in [0.15, 0.2) is 5.78 Å². The standard InChI is InChI=1S/C23H31Cl2N3O7.C18H23Cl2N3O5.C2HF3O2/c1-23(2,3)35-22(32)26-13-15(29)5-6-18(21(31)33-4)27-20(30)19-16(24)11-14(12-17(19)25)28-7-9-34-10-8-28;1-27-18(26)15(3-2-12(24)10-21)22-17(25)16-13(19)8-11(9-14(16)20)23-4-6-28-7-5-23;3-2(4,5)1(6)7/h11-12,18H,5-10,13H2,1-4H3,(H,26,32)(H,27,30);8-9,15H,2-7,10,21H2,1H3,(H,22,25);(H,6,7)/t18-;15-;/m00./s1. The summed E-state index contributed by atoms with van der Waals surface area (Å²) >= 11 is 25.3. The number of esters is 2. The maximum atomic E-state index is 12.9. The van der Waals surface area contributed by atoms with E-state index < -0.39 is 59.7 Å². The normalized spacial score (nSPS) is 14.5. The molecular formula is C43H55Cl4F3N6O14. The van der Waals surface area contributed by atoms with Crippen molar-refractivity contribution in [3.05, 3.63) is 55.5 Å². The number of benzene rings is 2. The number of hydrogen-bond donors (Lipinski definition) is 5. The molecule has 20 nitrogen and oxygen atoms in total. The lowest BCUT2D eigenvalue weighted by Gasteiger charge is -2.29. The van der Waals surface area contributed by atoms with Crippen LogP contribution in [0.4, 0.5) is 29.3 Å². The minimum absolute atomic E-state index is 0.0113. The van der Waals surface area contributed by atoms with Crippen LogP contribution in [0.1, 0.15) is 67.2 Å². The molecule has 0 saturated carbocycles. The molecule has 2 aliphatic rings. The van der Waals surface area contributed by atoms with E-state index in [9.17, 15) is 46.7 Å². The number of nitrogens with two attached hydrogens (primary N) is 1. The summed E-state index contributed by atoms with van der Waals surface area (Å²) in [6, 6.07) is 4.43. The second-order valence-corrected chi connectivity index (χ2v) is 17.5. The van der Waals surface area contributed by atoms with Crippen LogP contribution in [0.15, 0.2) is 24.3 Å². The van der Waals surface area contributed by atoms with Gasteiger partial charge in [-0.3, -0.25) is 19.2 Å². The number of hydrogen-bond acceptors (Lipinski definition) is 16. The van der Waals surface area contributed by atoms with Crippen LogP contribution in [-0.2, 0) is 47.7 Å². The molecule has 2 aromatic rings. The number of ketones is 2. The number of nitrogens with one attached hydrogen (secondary N) is 3. The molecular weight excluding hydrogens is 1020 g/mol. The number of Topliss-reactive ketones (excluding diaryl/α,β-unsaturated/α-hetero) is 2. The maximum Gasteiger partial charge on any atom is 0.490 e. The third-order valence-corrected chi connectivity index (χ3v) is 10.8. The Morgan fingerprint density at radius 2 is 1.03 bits per heavy atom. The van der Waals surface area contributed by atoms with Crippen LogP contribution < -0.4 is 31.5 Å². The molecule has 0 aromatic heterocycles. The molecule has 0 bridgehead atoms. The van der Waals surface area contributed by atoms with Crippen molar-refractivity contribution < 1.29 is 80.3 Å². The summed E-state index contributed by atoms with van der Waals surface area (Å²) in [6.07, 6.45) is -5.86. The predicted molar refractivity (Wildman–Crippen MR) is 251 cm³/mol. The largest absolute Gasteiger partial charge is 0.490 e. The zero-order valence-corrected chi connectivity index (χ0v) is 41.8. The molecule has 2 saturated heterocycles. The number of aliphatic carboxylic acids is 1. The fourth-order valence-corrected chi connectivity index (χ4v) is 7.39. The highest BCUT2D eigenvalue weighted by molar-refractivity contribution is 6.41. The lowest BCUT2D eigenvalue weighted by atomic mass is 10.1. The highest BCUT2D eigenvalue weighted by Crippen LogP contribution is 2.33. The van der Waals surface area contributed by atoms with Crippen LogP contribution >= 0.6 is 46.4 Å². The van der Waals surface area contributed by atoms with Gasteiger partial charge in [0.05, 0.1) is 85.0 Å². The maximum absolute atomic E-state index is 12.9. The van der Waals surface area contributed by atoms with Gasteiger partial charge in [0.1, 0.15) is 23.5 Å². The highest BCUT2D eigenvalue weighted by Gasteiger charge is 2.38. The number of halogens is 7. The molecule has 0 spiro atoms. The van der Waals surface area contributed by atoms with Crippen LogP contribution in [-0.4, -0.2) is 156 Å². The molecule has 2 aliphatic heterocycles. The molecule has 2 fully saturated rings. The van der Waals surface area contributed by atoms with Gasteiger partial charge in [-0.25, -0.2) is 19.2 Å². The molecule has 2 aromatic carbocycles. The van der Waals surface area contributed by atoms with Crippen molar-refractivity contribution in [2.45, 2.75) is 70.3 Å². The fraction of sp³-hybridized carbons (Fsp3) is 0.535. The van der Waals surface area contributed by atoms with E-state index in [0.29, 0.717) is 52.6 Å². The number of alkyl carbamates (subject to hydrolysis) is 1. The van der Waals surface area contributed by atoms with Crippen molar-refractivity contribution in [1.29, 1.82) is 0 Å².